The van der Waals surface area contributed by atoms with E-state index in [2.05, 4.69) is 25.4 Å². The number of aromatic nitrogens is 5. The van der Waals surface area contributed by atoms with E-state index in [9.17, 15) is 4.79 Å². The fourth-order valence-corrected chi connectivity index (χ4v) is 3.63. The Morgan fingerprint density at radius 3 is 2.78 bits per heavy atom. The highest BCUT2D eigenvalue weighted by Crippen LogP contribution is 2.27. The van der Waals surface area contributed by atoms with E-state index in [0.717, 1.165) is 28.2 Å². The minimum atomic E-state index is -0.203. The van der Waals surface area contributed by atoms with Gasteiger partial charge in [0.15, 0.2) is 11.0 Å². The predicted octanol–water partition coefficient (Wildman–Crippen LogP) is 3.35. The van der Waals surface area contributed by atoms with Crippen LogP contribution in [-0.4, -0.2) is 30.5 Å². The lowest BCUT2D eigenvalue weighted by Crippen LogP contribution is -2.15. The smallest absolute Gasteiger partial charge is 0.252 e. The van der Waals surface area contributed by atoms with E-state index in [1.165, 1.54) is 11.3 Å². The number of rotatable bonds is 4. The number of amides is 1. The van der Waals surface area contributed by atoms with Gasteiger partial charge in [0.05, 0.1) is 12.1 Å². The van der Waals surface area contributed by atoms with Crippen LogP contribution in [0.25, 0.3) is 17.0 Å². The maximum atomic E-state index is 12.4. The predicted molar refractivity (Wildman–Crippen MR) is 105 cm³/mol. The molecular weight excluding hydrogens is 360 g/mol. The average Bonchev–Trinajstić information content (AvgIpc) is 3.22. The van der Waals surface area contributed by atoms with Crippen LogP contribution in [0.4, 0.5) is 5.13 Å². The van der Waals surface area contributed by atoms with Crippen LogP contribution >= 0.6 is 11.3 Å². The van der Waals surface area contributed by atoms with Crippen LogP contribution in [-0.2, 0) is 11.2 Å². The van der Waals surface area contributed by atoms with Crippen LogP contribution in [0.15, 0.2) is 35.7 Å². The van der Waals surface area contributed by atoms with Gasteiger partial charge in [0, 0.05) is 22.3 Å². The van der Waals surface area contributed by atoms with Gasteiger partial charge in [-0.2, -0.15) is 4.98 Å². The molecule has 7 nitrogen and oxygen atoms in total. The van der Waals surface area contributed by atoms with Gasteiger partial charge in [-0.1, -0.05) is 24.3 Å². The van der Waals surface area contributed by atoms with Gasteiger partial charge in [-0.3, -0.25) is 4.79 Å². The van der Waals surface area contributed by atoms with Gasteiger partial charge in [-0.25, -0.2) is 14.5 Å². The number of anilines is 1. The summed E-state index contributed by atoms with van der Waals surface area (Å²) >= 11 is 1.40. The number of benzene rings is 1. The lowest BCUT2D eigenvalue weighted by Gasteiger charge is -2.01. The Balaban J connectivity index is 1.49. The molecule has 4 rings (SSSR count). The first kappa shape index (κ1) is 17.3. The molecule has 0 radical (unpaired) electrons. The Hall–Kier alpha value is -3.13. The second-order valence-electron chi connectivity index (χ2n) is 6.36. The number of nitrogens with zero attached hydrogens (tertiary/aromatic N) is 5. The van der Waals surface area contributed by atoms with Crippen molar-refractivity contribution in [2.75, 3.05) is 5.32 Å². The van der Waals surface area contributed by atoms with E-state index >= 15 is 0 Å². The summed E-state index contributed by atoms with van der Waals surface area (Å²) in [6.07, 6.45) is 0.0706. The third kappa shape index (κ3) is 3.56. The number of thiazole rings is 1. The molecule has 27 heavy (non-hydrogen) atoms. The summed E-state index contributed by atoms with van der Waals surface area (Å²) in [5, 5.41) is 9.70. The van der Waals surface area contributed by atoms with Gasteiger partial charge in [0.25, 0.3) is 5.78 Å². The SMILES string of the molecule is Cc1cc(C)n2nc(CC(=O)Nc3nc(-c4ccccc4C)cs3)nc2n1. The molecule has 0 aliphatic heterocycles. The monoisotopic (exact) mass is 378 g/mol. The maximum absolute atomic E-state index is 12.4. The Kier molecular flexibility index (Phi) is 4.41. The number of hydrogen-bond acceptors (Lipinski definition) is 6. The van der Waals surface area contributed by atoms with Crippen LogP contribution in [0.5, 0.6) is 0 Å². The van der Waals surface area contributed by atoms with Crippen molar-refractivity contribution in [3.63, 3.8) is 0 Å². The molecule has 0 aliphatic carbocycles. The molecule has 0 spiro atoms. The van der Waals surface area contributed by atoms with Crippen LogP contribution in [0.3, 0.4) is 0 Å². The Labute approximate surface area is 160 Å². The lowest BCUT2D eigenvalue weighted by atomic mass is 10.1. The highest BCUT2D eigenvalue weighted by atomic mass is 32.1. The van der Waals surface area contributed by atoms with Gasteiger partial charge < -0.3 is 5.32 Å². The molecule has 1 aromatic carbocycles. The molecular formula is C19H18N6OS. The van der Waals surface area contributed by atoms with Crippen molar-refractivity contribution in [1.29, 1.82) is 0 Å². The Bertz CT molecular complexity index is 1150. The molecule has 1 N–H and O–H groups in total. The molecule has 8 heteroatoms. The van der Waals surface area contributed by atoms with Crippen molar-refractivity contribution in [2.45, 2.75) is 27.2 Å². The molecule has 0 bridgehead atoms. The van der Waals surface area contributed by atoms with Crippen LogP contribution in [0.2, 0.25) is 0 Å². The van der Waals surface area contributed by atoms with E-state index in [1.54, 1.807) is 4.52 Å². The summed E-state index contributed by atoms with van der Waals surface area (Å²) in [4.78, 5) is 25.6. The highest BCUT2D eigenvalue weighted by molar-refractivity contribution is 7.14. The van der Waals surface area contributed by atoms with Crippen LogP contribution in [0, 0.1) is 20.8 Å². The van der Waals surface area contributed by atoms with Gasteiger partial charge in [-0.05, 0) is 32.4 Å². The molecule has 0 fully saturated rings. The zero-order valence-electron chi connectivity index (χ0n) is 15.2. The summed E-state index contributed by atoms with van der Waals surface area (Å²) in [6, 6.07) is 9.96. The Morgan fingerprint density at radius 2 is 1.96 bits per heavy atom. The van der Waals surface area contributed by atoms with E-state index in [-0.39, 0.29) is 12.3 Å². The van der Waals surface area contributed by atoms with Gasteiger partial charge >= 0.3 is 0 Å². The quantitative estimate of drug-likeness (QED) is 0.589. The van der Waals surface area contributed by atoms with E-state index < -0.39 is 0 Å². The molecule has 0 saturated carbocycles. The molecule has 4 aromatic rings. The zero-order chi connectivity index (χ0) is 19.0. The van der Waals surface area contributed by atoms with Gasteiger partial charge in [0.2, 0.25) is 5.91 Å². The minimum absolute atomic E-state index is 0.0706. The second kappa shape index (κ2) is 6.88. The number of carbonyl (C=O) groups excluding carboxylic acids is 1. The molecule has 0 unspecified atom stereocenters. The topological polar surface area (TPSA) is 85.1 Å². The summed E-state index contributed by atoms with van der Waals surface area (Å²) < 4.78 is 1.65. The number of hydrogen-bond donors (Lipinski definition) is 1. The van der Waals surface area contributed by atoms with Crippen molar-refractivity contribution < 1.29 is 4.79 Å². The third-order valence-corrected chi connectivity index (χ3v) is 4.91. The molecule has 0 aliphatic rings. The normalized spacial score (nSPS) is 11.1. The first-order chi connectivity index (χ1) is 13.0. The standard InChI is InChI=1S/C19H18N6OS/c1-11-6-4-5-7-14(11)15-10-27-19(21-15)23-17(26)9-16-22-18-20-12(2)8-13(3)25(18)24-16/h4-8,10H,9H2,1-3H3,(H,21,23,26). The molecule has 0 saturated heterocycles. The molecule has 1 amide bonds. The van der Waals surface area contributed by atoms with Crippen LogP contribution in [0.1, 0.15) is 22.8 Å². The van der Waals surface area contributed by atoms with Crippen molar-refractivity contribution in [1.82, 2.24) is 24.6 Å². The average molecular weight is 378 g/mol. The fraction of sp³-hybridized carbons (Fsp3) is 0.211. The number of nitrogens with one attached hydrogen (secondary N) is 1. The zero-order valence-corrected chi connectivity index (χ0v) is 16.0. The van der Waals surface area contributed by atoms with Crippen molar-refractivity contribution in [3.8, 4) is 11.3 Å². The largest absolute Gasteiger partial charge is 0.302 e. The van der Waals surface area contributed by atoms with Crippen LogP contribution < -0.4 is 5.32 Å². The Morgan fingerprint density at radius 1 is 1.15 bits per heavy atom. The van der Waals surface area contributed by atoms with Crippen molar-refractivity contribution >= 4 is 28.2 Å². The van der Waals surface area contributed by atoms with E-state index in [1.807, 2.05) is 56.5 Å². The molecule has 3 aromatic heterocycles. The summed E-state index contributed by atoms with van der Waals surface area (Å²) in [5.41, 5.74) is 4.87. The van der Waals surface area contributed by atoms with Gasteiger partial charge in [0.1, 0.15) is 0 Å². The van der Waals surface area contributed by atoms with E-state index in [0.29, 0.717) is 16.7 Å². The molecule has 136 valence electrons. The number of fused-ring (bicyclic) bond motifs is 1. The third-order valence-electron chi connectivity index (χ3n) is 4.15. The first-order valence-electron chi connectivity index (χ1n) is 8.51. The second-order valence-corrected chi connectivity index (χ2v) is 7.21. The number of aryl methyl sites for hydroxylation is 3. The molecule has 0 atom stereocenters. The van der Waals surface area contributed by atoms with Gasteiger partial charge in [-0.15, -0.1) is 16.4 Å². The minimum Gasteiger partial charge on any atom is -0.302 e. The van der Waals surface area contributed by atoms with Crippen molar-refractivity contribution in [2.24, 2.45) is 0 Å². The highest BCUT2D eigenvalue weighted by Gasteiger charge is 2.14. The maximum Gasteiger partial charge on any atom is 0.252 e. The lowest BCUT2D eigenvalue weighted by molar-refractivity contribution is -0.115. The summed E-state index contributed by atoms with van der Waals surface area (Å²) in [5.74, 6) is 0.738. The van der Waals surface area contributed by atoms with E-state index in [4.69, 9.17) is 0 Å². The summed E-state index contributed by atoms with van der Waals surface area (Å²) in [7, 11) is 0. The number of carbonyl (C=O) groups is 1. The van der Waals surface area contributed by atoms with Crippen molar-refractivity contribution in [3.05, 3.63) is 58.5 Å². The molecule has 3 heterocycles. The first-order valence-corrected chi connectivity index (χ1v) is 9.39. The fourth-order valence-electron chi connectivity index (χ4n) is 2.90. The summed E-state index contributed by atoms with van der Waals surface area (Å²) in [6.45, 7) is 5.88.